The first kappa shape index (κ1) is 13.6. The van der Waals surface area contributed by atoms with Crippen LogP contribution in [0, 0.1) is 6.92 Å². The van der Waals surface area contributed by atoms with Crippen molar-refractivity contribution in [3.63, 3.8) is 0 Å². The van der Waals surface area contributed by atoms with Gasteiger partial charge in [0.05, 0.1) is 13.2 Å². The van der Waals surface area contributed by atoms with Gasteiger partial charge in [-0.1, -0.05) is 18.2 Å². The lowest BCUT2D eigenvalue weighted by atomic mass is 9.97. The van der Waals surface area contributed by atoms with Crippen molar-refractivity contribution in [3.05, 3.63) is 29.3 Å². The van der Waals surface area contributed by atoms with Gasteiger partial charge in [-0.3, -0.25) is 4.79 Å². The third-order valence-electron chi connectivity index (χ3n) is 4.14. The van der Waals surface area contributed by atoms with Gasteiger partial charge in [0.1, 0.15) is 0 Å². The van der Waals surface area contributed by atoms with Crippen LogP contribution >= 0.6 is 0 Å². The van der Waals surface area contributed by atoms with E-state index in [-0.39, 0.29) is 11.9 Å². The van der Waals surface area contributed by atoms with Crippen LogP contribution in [0.25, 0.3) is 0 Å². The number of benzene rings is 1. The summed E-state index contributed by atoms with van der Waals surface area (Å²) in [6.07, 6.45) is 2.65. The Morgan fingerprint density at radius 1 is 1.50 bits per heavy atom. The number of nitrogens with one attached hydrogen (secondary N) is 1. The maximum atomic E-state index is 12.6. The lowest BCUT2D eigenvalue weighted by Crippen LogP contribution is -2.46. The van der Waals surface area contributed by atoms with Gasteiger partial charge in [0.25, 0.3) is 0 Å². The molecule has 2 aliphatic rings. The van der Waals surface area contributed by atoms with E-state index in [9.17, 15) is 4.79 Å². The van der Waals surface area contributed by atoms with Crippen molar-refractivity contribution in [3.8, 4) is 0 Å². The molecule has 4 nitrogen and oxygen atoms in total. The third-order valence-corrected chi connectivity index (χ3v) is 4.14. The molecule has 2 aliphatic heterocycles. The average molecular weight is 274 g/mol. The highest BCUT2D eigenvalue weighted by atomic mass is 16.5. The first-order valence-corrected chi connectivity index (χ1v) is 7.45. The Hall–Kier alpha value is -1.39. The average Bonchev–Trinajstić information content (AvgIpc) is 2.48. The zero-order valence-corrected chi connectivity index (χ0v) is 12.0. The summed E-state index contributed by atoms with van der Waals surface area (Å²) >= 11 is 0. The standard InChI is InChI=1S/C16H22N2O2/c1-12-4-2-5-13-6-3-8-18(16(12)13)15(19)10-14-11-20-9-7-17-14/h2,4-5,14,17H,3,6-11H2,1H3. The van der Waals surface area contributed by atoms with Gasteiger partial charge >= 0.3 is 0 Å². The van der Waals surface area contributed by atoms with Gasteiger partial charge in [0.2, 0.25) is 5.91 Å². The normalized spacial score (nSPS) is 22.4. The van der Waals surface area contributed by atoms with Crippen LogP contribution in [-0.2, 0) is 16.0 Å². The predicted octanol–water partition coefficient (Wildman–Crippen LogP) is 1.65. The summed E-state index contributed by atoms with van der Waals surface area (Å²) in [7, 11) is 0. The van der Waals surface area contributed by atoms with E-state index in [1.54, 1.807) is 0 Å². The van der Waals surface area contributed by atoms with E-state index in [1.807, 2.05) is 4.90 Å². The molecule has 0 radical (unpaired) electrons. The molecule has 1 aromatic carbocycles. The Bertz CT molecular complexity index is 495. The second-order valence-electron chi connectivity index (χ2n) is 5.66. The molecule has 0 aromatic heterocycles. The summed E-state index contributed by atoms with van der Waals surface area (Å²) in [4.78, 5) is 14.6. The minimum atomic E-state index is 0.158. The van der Waals surface area contributed by atoms with Gasteiger partial charge in [-0.05, 0) is 30.9 Å². The molecule has 1 unspecified atom stereocenters. The zero-order chi connectivity index (χ0) is 13.9. The summed E-state index contributed by atoms with van der Waals surface area (Å²) in [5, 5.41) is 3.36. The molecule has 4 heteroatoms. The van der Waals surface area contributed by atoms with Crippen LogP contribution in [0.3, 0.4) is 0 Å². The highest BCUT2D eigenvalue weighted by molar-refractivity contribution is 5.95. The Morgan fingerprint density at radius 3 is 3.20 bits per heavy atom. The zero-order valence-electron chi connectivity index (χ0n) is 12.0. The van der Waals surface area contributed by atoms with Crippen molar-refractivity contribution >= 4 is 11.6 Å². The van der Waals surface area contributed by atoms with E-state index in [4.69, 9.17) is 4.74 Å². The van der Waals surface area contributed by atoms with Crippen molar-refractivity contribution in [2.75, 3.05) is 31.2 Å². The number of amides is 1. The number of nitrogens with zero attached hydrogens (tertiary/aromatic N) is 1. The molecular weight excluding hydrogens is 252 g/mol. The second kappa shape index (κ2) is 5.94. The van der Waals surface area contributed by atoms with E-state index in [2.05, 4.69) is 30.4 Å². The number of carbonyl (C=O) groups excluding carboxylic acids is 1. The Morgan fingerprint density at radius 2 is 2.40 bits per heavy atom. The molecule has 1 fully saturated rings. The number of hydrogen-bond donors (Lipinski definition) is 1. The van der Waals surface area contributed by atoms with Gasteiger partial charge in [0.15, 0.2) is 0 Å². The Balaban J connectivity index is 1.76. The summed E-state index contributed by atoms with van der Waals surface area (Å²) < 4.78 is 5.43. The lowest BCUT2D eigenvalue weighted by molar-refractivity contribution is -0.119. The molecule has 0 spiro atoms. The maximum absolute atomic E-state index is 12.6. The van der Waals surface area contributed by atoms with Crippen LogP contribution in [0.2, 0.25) is 0 Å². The highest BCUT2D eigenvalue weighted by Gasteiger charge is 2.26. The minimum absolute atomic E-state index is 0.158. The monoisotopic (exact) mass is 274 g/mol. The number of carbonyl (C=O) groups is 1. The molecule has 1 atom stereocenters. The summed E-state index contributed by atoms with van der Waals surface area (Å²) in [5.41, 5.74) is 3.64. The minimum Gasteiger partial charge on any atom is -0.378 e. The molecule has 2 heterocycles. The number of aryl methyl sites for hydroxylation is 2. The molecule has 3 rings (SSSR count). The first-order valence-electron chi connectivity index (χ1n) is 7.45. The van der Waals surface area contributed by atoms with Crippen LogP contribution in [0.5, 0.6) is 0 Å². The van der Waals surface area contributed by atoms with Crippen LogP contribution in [0.15, 0.2) is 18.2 Å². The van der Waals surface area contributed by atoms with Gasteiger partial charge in [-0.2, -0.15) is 0 Å². The smallest absolute Gasteiger partial charge is 0.228 e. The first-order chi connectivity index (χ1) is 9.75. The topological polar surface area (TPSA) is 41.6 Å². The quantitative estimate of drug-likeness (QED) is 0.891. The molecule has 0 aliphatic carbocycles. The number of ether oxygens (including phenoxy) is 1. The Kier molecular flexibility index (Phi) is 4.03. The number of para-hydroxylation sites is 1. The molecule has 1 amide bonds. The van der Waals surface area contributed by atoms with Gasteiger partial charge in [-0.25, -0.2) is 0 Å². The predicted molar refractivity (Wildman–Crippen MR) is 79.1 cm³/mol. The third kappa shape index (κ3) is 2.72. The van der Waals surface area contributed by atoms with E-state index >= 15 is 0 Å². The second-order valence-corrected chi connectivity index (χ2v) is 5.66. The van der Waals surface area contributed by atoms with E-state index in [1.165, 1.54) is 11.1 Å². The van der Waals surface area contributed by atoms with Crippen LogP contribution in [0.4, 0.5) is 5.69 Å². The van der Waals surface area contributed by atoms with Gasteiger partial charge in [0, 0.05) is 31.2 Å². The van der Waals surface area contributed by atoms with Crippen molar-refractivity contribution in [1.29, 1.82) is 0 Å². The number of morpholine rings is 1. The van der Waals surface area contributed by atoms with E-state index in [0.29, 0.717) is 13.0 Å². The fourth-order valence-electron chi connectivity index (χ4n) is 3.17. The molecule has 0 saturated carbocycles. The van der Waals surface area contributed by atoms with Gasteiger partial charge < -0.3 is 15.0 Å². The largest absolute Gasteiger partial charge is 0.378 e. The highest BCUT2D eigenvalue weighted by Crippen LogP contribution is 2.31. The Labute approximate surface area is 120 Å². The van der Waals surface area contributed by atoms with Crippen molar-refractivity contribution in [2.24, 2.45) is 0 Å². The maximum Gasteiger partial charge on any atom is 0.228 e. The van der Waals surface area contributed by atoms with Crippen LogP contribution in [-0.4, -0.2) is 38.3 Å². The fraction of sp³-hybridized carbons (Fsp3) is 0.562. The lowest BCUT2D eigenvalue weighted by Gasteiger charge is -2.33. The van der Waals surface area contributed by atoms with Crippen molar-refractivity contribution in [2.45, 2.75) is 32.2 Å². The number of fused-ring (bicyclic) bond motifs is 1. The summed E-state index contributed by atoms with van der Waals surface area (Å²) in [6, 6.07) is 6.47. The SMILES string of the molecule is Cc1cccc2c1N(C(=O)CC1COCCN1)CCC2. The fourth-order valence-corrected chi connectivity index (χ4v) is 3.17. The molecule has 20 heavy (non-hydrogen) atoms. The molecule has 1 N–H and O–H groups in total. The molecule has 1 aromatic rings. The number of hydrogen-bond acceptors (Lipinski definition) is 3. The van der Waals surface area contributed by atoms with Crippen molar-refractivity contribution < 1.29 is 9.53 Å². The van der Waals surface area contributed by atoms with Crippen LogP contribution in [0.1, 0.15) is 24.0 Å². The van der Waals surface area contributed by atoms with E-state index < -0.39 is 0 Å². The molecular formula is C16H22N2O2. The van der Waals surface area contributed by atoms with Gasteiger partial charge in [-0.15, -0.1) is 0 Å². The molecule has 1 saturated heterocycles. The summed E-state index contributed by atoms with van der Waals surface area (Å²) in [5.74, 6) is 0.211. The van der Waals surface area contributed by atoms with Crippen molar-refractivity contribution in [1.82, 2.24) is 5.32 Å². The number of anilines is 1. The molecule has 0 bridgehead atoms. The van der Waals surface area contributed by atoms with Crippen LogP contribution < -0.4 is 10.2 Å². The summed E-state index contributed by atoms with van der Waals surface area (Å²) in [6.45, 7) is 5.15. The molecule has 108 valence electrons. The number of rotatable bonds is 2. The van der Waals surface area contributed by atoms with E-state index in [0.717, 1.165) is 38.2 Å².